The maximum absolute atomic E-state index is 12.0. The van der Waals surface area contributed by atoms with Crippen LogP contribution in [-0.2, 0) is 6.42 Å². The normalized spacial score (nSPS) is 14.6. The van der Waals surface area contributed by atoms with Gasteiger partial charge in [0, 0.05) is 11.5 Å². The molecule has 1 saturated carbocycles. The first kappa shape index (κ1) is 12.8. The van der Waals surface area contributed by atoms with Gasteiger partial charge in [-0.3, -0.25) is 4.79 Å². The number of aromatic amines is 1. The van der Waals surface area contributed by atoms with E-state index in [1.807, 2.05) is 12.1 Å². The predicted molar refractivity (Wildman–Crippen MR) is 84.4 cm³/mol. The number of benzene rings is 1. The number of hydrogen-bond acceptors (Lipinski definition) is 2. The monoisotopic (exact) mass is 366 g/mol. The average molecular weight is 366 g/mol. The molecule has 3 nitrogen and oxygen atoms in total. The number of hydrogen-bond donors (Lipinski definition) is 1. The molecular formula is C15H15IN2O. The number of halogens is 1. The molecule has 0 amide bonds. The summed E-state index contributed by atoms with van der Waals surface area (Å²) in [7, 11) is 0. The van der Waals surface area contributed by atoms with Gasteiger partial charge in [-0.2, -0.15) is 0 Å². The van der Waals surface area contributed by atoms with Crippen LogP contribution in [0.15, 0.2) is 29.1 Å². The zero-order chi connectivity index (χ0) is 13.4. The third kappa shape index (κ3) is 2.59. The average Bonchev–Trinajstić information content (AvgIpc) is 3.26. The van der Waals surface area contributed by atoms with Gasteiger partial charge in [-0.1, -0.05) is 31.2 Å². The molecule has 1 fully saturated rings. The summed E-state index contributed by atoms with van der Waals surface area (Å²) in [5.74, 6) is 1.18. The highest BCUT2D eigenvalue weighted by atomic mass is 127. The Bertz CT molecular complexity index is 657. The minimum atomic E-state index is -0.0212. The van der Waals surface area contributed by atoms with E-state index in [1.54, 1.807) is 0 Å². The third-order valence-electron chi connectivity index (χ3n) is 3.49. The van der Waals surface area contributed by atoms with Gasteiger partial charge in [0.05, 0.1) is 9.26 Å². The second-order valence-electron chi connectivity index (χ2n) is 4.94. The molecule has 1 aliphatic carbocycles. The van der Waals surface area contributed by atoms with Crippen molar-refractivity contribution in [1.82, 2.24) is 9.97 Å². The Morgan fingerprint density at radius 2 is 2.00 bits per heavy atom. The van der Waals surface area contributed by atoms with Crippen LogP contribution >= 0.6 is 22.6 Å². The maximum atomic E-state index is 12.0. The molecule has 1 N–H and O–H groups in total. The van der Waals surface area contributed by atoms with Crippen LogP contribution in [0.25, 0.3) is 11.4 Å². The number of rotatable bonds is 3. The van der Waals surface area contributed by atoms with Gasteiger partial charge in [0.1, 0.15) is 5.82 Å². The number of aryl methyl sites for hydroxylation is 1. The second-order valence-corrected chi connectivity index (χ2v) is 6.02. The fourth-order valence-electron chi connectivity index (χ4n) is 2.14. The van der Waals surface area contributed by atoms with E-state index >= 15 is 0 Å². The van der Waals surface area contributed by atoms with E-state index in [0.29, 0.717) is 11.7 Å². The topological polar surface area (TPSA) is 45.8 Å². The Balaban J connectivity index is 2.06. The van der Waals surface area contributed by atoms with Crippen molar-refractivity contribution < 1.29 is 0 Å². The molecule has 98 valence electrons. The van der Waals surface area contributed by atoms with Gasteiger partial charge in [-0.15, -0.1) is 0 Å². The summed E-state index contributed by atoms with van der Waals surface area (Å²) in [6.45, 7) is 2.13. The van der Waals surface area contributed by atoms with E-state index in [-0.39, 0.29) is 5.56 Å². The molecule has 0 saturated heterocycles. The standard InChI is InChI=1S/C15H15IN2O/c1-2-9-3-5-11(6-4-9)14-17-13(10-7-8-10)12(16)15(19)18-14/h3-6,10H,2,7-8H2,1H3,(H,17,18,19). The lowest BCUT2D eigenvalue weighted by molar-refractivity contribution is 0.958. The van der Waals surface area contributed by atoms with Crippen molar-refractivity contribution in [1.29, 1.82) is 0 Å². The third-order valence-corrected chi connectivity index (χ3v) is 4.53. The van der Waals surface area contributed by atoms with Crippen molar-refractivity contribution in [2.75, 3.05) is 0 Å². The van der Waals surface area contributed by atoms with Gasteiger partial charge < -0.3 is 4.98 Å². The maximum Gasteiger partial charge on any atom is 0.264 e. The molecule has 19 heavy (non-hydrogen) atoms. The van der Waals surface area contributed by atoms with Crippen LogP contribution in [0.4, 0.5) is 0 Å². The van der Waals surface area contributed by atoms with Crippen LogP contribution in [0, 0.1) is 3.57 Å². The first-order valence-corrected chi connectivity index (χ1v) is 7.66. The van der Waals surface area contributed by atoms with E-state index in [0.717, 1.165) is 34.1 Å². The fraction of sp³-hybridized carbons (Fsp3) is 0.333. The van der Waals surface area contributed by atoms with Crippen LogP contribution in [0.2, 0.25) is 0 Å². The number of H-pyrrole nitrogens is 1. The number of nitrogens with zero attached hydrogens (tertiary/aromatic N) is 1. The van der Waals surface area contributed by atoms with Crippen LogP contribution < -0.4 is 5.56 Å². The number of nitrogens with one attached hydrogen (secondary N) is 1. The molecule has 3 rings (SSSR count). The Morgan fingerprint density at radius 3 is 2.58 bits per heavy atom. The zero-order valence-corrected chi connectivity index (χ0v) is 12.9. The minimum absolute atomic E-state index is 0.0212. The highest BCUT2D eigenvalue weighted by molar-refractivity contribution is 14.1. The molecule has 0 atom stereocenters. The molecule has 2 aromatic rings. The first-order valence-electron chi connectivity index (χ1n) is 6.58. The van der Waals surface area contributed by atoms with E-state index in [4.69, 9.17) is 0 Å². The van der Waals surface area contributed by atoms with Crippen LogP contribution in [0.3, 0.4) is 0 Å². The smallest absolute Gasteiger partial charge is 0.264 e. The predicted octanol–water partition coefficient (Wildman–Crippen LogP) is 3.48. The summed E-state index contributed by atoms with van der Waals surface area (Å²) in [6.07, 6.45) is 3.32. The SMILES string of the molecule is CCc1ccc(-c2nc(C3CC3)c(I)c(=O)[nH]2)cc1. The Labute approximate surface area is 125 Å². The van der Waals surface area contributed by atoms with Crippen molar-refractivity contribution >= 4 is 22.6 Å². The molecule has 0 radical (unpaired) electrons. The van der Waals surface area contributed by atoms with Gasteiger partial charge in [-0.25, -0.2) is 4.98 Å². The molecule has 1 aliphatic rings. The van der Waals surface area contributed by atoms with Crippen molar-refractivity contribution in [3.63, 3.8) is 0 Å². The molecule has 1 heterocycles. The van der Waals surface area contributed by atoms with Gasteiger partial charge in [0.15, 0.2) is 0 Å². The van der Waals surface area contributed by atoms with Crippen molar-refractivity contribution in [2.45, 2.75) is 32.1 Å². The molecule has 4 heteroatoms. The van der Waals surface area contributed by atoms with Crippen molar-refractivity contribution in [3.8, 4) is 11.4 Å². The minimum Gasteiger partial charge on any atom is -0.306 e. The first-order chi connectivity index (χ1) is 9.19. The largest absolute Gasteiger partial charge is 0.306 e. The van der Waals surface area contributed by atoms with Crippen LogP contribution in [0.5, 0.6) is 0 Å². The van der Waals surface area contributed by atoms with Crippen LogP contribution in [0.1, 0.15) is 36.9 Å². The lowest BCUT2D eigenvalue weighted by atomic mass is 10.1. The quantitative estimate of drug-likeness (QED) is 0.846. The molecule has 0 bridgehead atoms. The van der Waals surface area contributed by atoms with Crippen molar-refractivity contribution in [3.05, 3.63) is 49.4 Å². The highest BCUT2D eigenvalue weighted by Gasteiger charge is 2.28. The molecular weight excluding hydrogens is 351 g/mol. The van der Waals surface area contributed by atoms with E-state index < -0.39 is 0 Å². The van der Waals surface area contributed by atoms with E-state index in [1.165, 1.54) is 5.56 Å². The molecule has 0 unspecified atom stereocenters. The van der Waals surface area contributed by atoms with E-state index in [9.17, 15) is 4.79 Å². The lowest BCUT2D eigenvalue weighted by Gasteiger charge is -2.06. The fourth-order valence-corrected chi connectivity index (χ4v) is 2.83. The summed E-state index contributed by atoms with van der Waals surface area (Å²) in [4.78, 5) is 19.5. The Kier molecular flexibility index (Phi) is 3.43. The van der Waals surface area contributed by atoms with E-state index in [2.05, 4.69) is 51.6 Å². The molecule has 0 spiro atoms. The summed E-state index contributed by atoms with van der Waals surface area (Å²) in [6, 6.07) is 8.23. The van der Waals surface area contributed by atoms with Crippen molar-refractivity contribution in [2.24, 2.45) is 0 Å². The zero-order valence-electron chi connectivity index (χ0n) is 10.7. The summed E-state index contributed by atoms with van der Waals surface area (Å²) in [5, 5.41) is 0. The Hall–Kier alpha value is -1.17. The van der Waals surface area contributed by atoms with Gasteiger partial charge in [-0.05, 0) is 47.4 Å². The summed E-state index contributed by atoms with van der Waals surface area (Å²) in [5.41, 5.74) is 3.22. The molecule has 1 aromatic heterocycles. The second kappa shape index (κ2) is 5.07. The number of aromatic nitrogens is 2. The van der Waals surface area contributed by atoms with Gasteiger partial charge >= 0.3 is 0 Å². The van der Waals surface area contributed by atoms with Gasteiger partial charge in [0.2, 0.25) is 0 Å². The van der Waals surface area contributed by atoms with Crippen LogP contribution in [-0.4, -0.2) is 9.97 Å². The summed E-state index contributed by atoms with van der Waals surface area (Å²) < 4.78 is 0.744. The highest BCUT2D eigenvalue weighted by Crippen LogP contribution is 2.40. The van der Waals surface area contributed by atoms with Gasteiger partial charge in [0.25, 0.3) is 5.56 Å². The lowest BCUT2D eigenvalue weighted by Crippen LogP contribution is -2.15. The summed E-state index contributed by atoms with van der Waals surface area (Å²) >= 11 is 2.10. The Morgan fingerprint density at radius 1 is 1.32 bits per heavy atom. The molecule has 1 aromatic carbocycles. The molecule has 0 aliphatic heterocycles.